The van der Waals surface area contributed by atoms with Gasteiger partial charge in [-0.15, -0.1) is 0 Å². The molecule has 0 aromatic heterocycles. The Morgan fingerprint density at radius 3 is 2.22 bits per heavy atom. The second kappa shape index (κ2) is 9.67. The van der Waals surface area contributed by atoms with E-state index in [0.29, 0.717) is 16.7 Å². The van der Waals surface area contributed by atoms with Crippen LogP contribution < -0.4 is 4.72 Å². The molecule has 0 atom stereocenters. The fraction of sp³-hybridized carbons (Fsp3) is 0.278. The zero-order valence-electron chi connectivity index (χ0n) is 14.9. The van der Waals surface area contributed by atoms with Crippen molar-refractivity contribution in [1.82, 2.24) is 4.72 Å². The SMILES string of the molecule is Cc1cc(C)c(S(=O)(=O)NCCOC(=O)c2cc(I)cc(I)c2I)c(C)c1. The number of rotatable bonds is 6. The van der Waals surface area contributed by atoms with Crippen molar-refractivity contribution in [3.63, 3.8) is 0 Å². The third-order valence-electron chi connectivity index (χ3n) is 3.71. The summed E-state index contributed by atoms with van der Waals surface area (Å²) in [4.78, 5) is 12.6. The fourth-order valence-corrected chi connectivity index (χ4v) is 6.60. The molecule has 0 radical (unpaired) electrons. The molecule has 0 saturated carbocycles. The van der Waals surface area contributed by atoms with E-state index in [0.717, 1.165) is 16.3 Å². The standard InChI is InChI=1S/C18H18I3NO4S/c1-10-6-11(2)17(12(3)7-10)27(24,25)22-4-5-26-18(23)14-8-13(19)9-15(20)16(14)21/h6-9,22H,4-5H2,1-3H3. The maximum absolute atomic E-state index is 12.6. The molecule has 0 heterocycles. The molecule has 5 nitrogen and oxygen atoms in total. The summed E-state index contributed by atoms with van der Waals surface area (Å²) in [6, 6.07) is 7.40. The van der Waals surface area contributed by atoms with Gasteiger partial charge in [-0.2, -0.15) is 0 Å². The number of hydrogen-bond acceptors (Lipinski definition) is 4. The van der Waals surface area contributed by atoms with Gasteiger partial charge in [-0.05, 0) is 112 Å². The van der Waals surface area contributed by atoms with Crippen molar-refractivity contribution in [2.75, 3.05) is 13.2 Å². The minimum absolute atomic E-state index is 0.0123. The topological polar surface area (TPSA) is 72.5 Å². The van der Waals surface area contributed by atoms with Gasteiger partial charge in [0.25, 0.3) is 0 Å². The smallest absolute Gasteiger partial charge is 0.339 e. The first-order chi connectivity index (χ1) is 12.5. The summed E-state index contributed by atoms with van der Waals surface area (Å²) in [5.74, 6) is -0.460. The lowest BCUT2D eigenvalue weighted by Crippen LogP contribution is -2.29. The van der Waals surface area contributed by atoms with Crippen molar-refractivity contribution in [1.29, 1.82) is 0 Å². The Hall–Kier alpha value is 0.0100. The molecule has 0 aliphatic heterocycles. The number of carbonyl (C=O) groups is 1. The van der Waals surface area contributed by atoms with Gasteiger partial charge in [-0.3, -0.25) is 0 Å². The molecule has 0 spiro atoms. The zero-order chi connectivity index (χ0) is 20.4. The van der Waals surface area contributed by atoms with Crippen molar-refractivity contribution in [3.05, 3.63) is 57.2 Å². The molecule has 2 aromatic carbocycles. The summed E-state index contributed by atoms with van der Waals surface area (Å²) in [5, 5.41) is 0. The van der Waals surface area contributed by atoms with Crippen molar-refractivity contribution in [2.24, 2.45) is 0 Å². The molecule has 1 N–H and O–H groups in total. The molecule has 0 aliphatic carbocycles. The van der Waals surface area contributed by atoms with Crippen LogP contribution in [0.15, 0.2) is 29.2 Å². The number of benzene rings is 2. The van der Waals surface area contributed by atoms with Crippen molar-refractivity contribution >= 4 is 83.8 Å². The number of hydrogen-bond donors (Lipinski definition) is 1. The van der Waals surface area contributed by atoms with E-state index >= 15 is 0 Å². The molecule has 2 rings (SSSR count). The van der Waals surface area contributed by atoms with Gasteiger partial charge in [0.05, 0.1) is 10.5 Å². The minimum Gasteiger partial charge on any atom is -0.461 e. The van der Waals surface area contributed by atoms with Gasteiger partial charge >= 0.3 is 5.97 Å². The van der Waals surface area contributed by atoms with Gasteiger partial charge in [0.2, 0.25) is 10.0 Å². The lowest BCUT2D eigenvalue weighted by atomic mass is 10.1. The number of nitrogens with one attached hydrogen (secondary N) is 1. The van der Waals surface area contributed by atoms with Crippen molar-refractivity contribution in [3.8, 4) is 0 Å². The molecular formula is C18H18I3NO4S. The number of esters is 1. The molecule has 0 fully saturated rings. The van der Waals surface area contributed by atoms with Crippen LogP contribution in [0, 0.1) is 31.5 Å². The normalized spacial score (nSPS) is 11.5. The highest BCUT2D eigenvalue weighted by Crippen LogP contribution is 2.24. The zero-order valence-corrected chi connectivity index (χ0v) is 22.2. The third kappa shape index (κ3) is 6.00. The van der Waals surface area contributed by atoms with Crippen molar-refractivity contribution in [2.45, 2.75) is 25.7 Å². The lowest BCUT2D eigenvalue weighted by Gasteiger charge is -2.13. The number of halogens is 3. The van der Waals surface area contributed by atoms with Gasteiger partial charge in [0.15, 0.2) is 0 Å². The van der Waals surface area contributed by atoms with E-state index in [9.17, 15) is 13.2 Å². The summed E-state index contributed by atoms with van der Waals surface area (Å²) in [6.07, 6.45) is 0. The molecule has 27 heavy (non-hydrogen) atoms. The maximum Gasteiger partial charge on any atom is 0.339 e. The van der Waals surface area contributed by atoms with Crippen LogP contribution in [-0.4, -0.2) is 27.5 Å². The van der Waals surface area contributed by atoms with Gasteiger partial charge in [0.1, 0.15) is 6.61 Å². The first kappa shape index (κ1) is 23.3. The number of aryl methyl sites for hydroxylation is 3. The van der Waals surface area contributed by atoms with Gasteiger partial charge < -0.3 is 4.74 Å². The predicted octanol–water partition coefficient (Wildman–Crippen LogP) is 4.56. The van der Waals surface area contributed by atoms with E-state index in [1.807, 2.05) is 25.1 Å². The van der Waals surface area contributed by atoms with Crippen molar-refractivity contribution < 1.29 is 17.9 Å². The van der Waals surface area contributed by atoms with Crippen LogP contribution in [0.5, 0.6) is 0 Å². The first-order valence-electron chi connectivity index (χ1n) is 7.92. The van der Waals surface area contributed by atoms with Crippen LogP contribution in [0.1, 0.15) is 27.0 Å². The maximum atomic E-state index is 12.6. The van der Waals surface area contributed by atoms with E-state index in [4.69, 9.17) is 4.74 Å². The van der Waals surface area contributed by atoms with Crippen LogP contribution in [-0.2, 0) is 14.8 Å². The van der Waals surface area contributed by atoms with Crippen LogP contribution in [0.25, 0.3) is 0 Å². The fourth-order valence-electron chi connectivity index (χ4n) is 2.76. The largest absolute Gasteiger partial charge is 0.461 e. The predicted molar refractivity (Wildman–Crippen MR) is 131 cm³/mol. The number of carbonyl (C=O) groups excluding carboxylic acids is 1. The van der Waals surface area contributed by atoms with E-state index in [1.165, 1.54) is 0 Å². The molecule has 0 aliphatic rings. The first-order valence-corrected chi connectivity index (χ1v) is 12.6. The van der Waals surface area contributed by atoms with Crippen LogP contribution >= 0.6 is 67.8 Å². The van der Waals surface area contributed by atoms with E-state index in [1.54, 1.807) is 19.9 Å². The third-order valence-corrected chi connectivity index (χ3v) is 9.15. The summed E-state index contributed by atoms with van der Waals surface area (Å²) >= 11 is 6.42. The lowest BCUT2D eigenvalue weighted by molar-refractivity contribution is 0.0511. The minimum atomic E-state index is -3.67. The van der Waals surface area contributed by atoms with E-state index in [-0.39, 0.29) is 18.0 Å². The summed E-state index contributed by atoms with van der Waals surface area (Å²) in [6.45, 7) is 5.44. The molecule has 0 unspecified atom stereocenters. The Labute approximate surface area is 200 Å². The summed E-state index contributed by atoms with van der Waals surface area (Å²) < 4.78 is 35.7. The molecule has 2 aromatic rings. The van der Waals surface area contributed by atoms with Gasteiger partial charge in [0, 0.05) is 17.3 Å². The highest BCUT2D eigenvalue weighted by Gasteiger charge is 2.20. The average Bonchev–Trinajstić information content (AvgIpc) is 2.53. The second-order valence-corrected chi connectivity index (χ2v) is 11.2. The highest BCUT2D eigenvalue weighted by molar-refractivity contribution is 14.1. The molecule has 0 amide bonds. The van der Waals surface area contributed by atoms with Crippen LogP contribution in [0.3, 0.4) is 0 Å². The Balaban J connectivity index is 2.02. The second-order valence-electron chi connectivity index (χ2n) is 6.01. The summed E-state index contributed by atoms with van der Waals surface area (Å²) in [5.41, 5.74) is 2.89. The van der Waals surface area contributed by atoms with E-state index < -0.39 is 16.0 Å². The Morgan fingerprint density at radius 2 is 1.63 bits per heavy atom. The molecule has 0 bridgehead atoms. The average molecular weight is 725 g/mol. The van der Waals surface area contributed by atoms with Gasteiger partial charge in [-0.25, -0.2) is 17.9 Å². The monoisotopic (exact) mass is 725 g/mol. The molecule has 9 heteroatoms. The molecular weight excluding hydrogens is 707 g/mol. The van der Waals surface area contributed by atoms with Crippen LogP contribution in [0.2, 0.25) is 0 Å². The highest BCUT2D eigenvalue weighted by atomic mass is 127. The Bertz CT molecular complexity index is 967. The van der Waals surface area contributed by atoms with Gasteiger partial charge in [-0.1, -0.05) is 17.7 Å². The number of sulfonamides is 1. The summed E-state index contributed by atoms with van der Waals surface area (Å²) in [7, 11) is -3.67. The van der Waals surface area contributed by atoms with E-state index in [2.05, 4.69) is 72.5 Å². The molecule has 146 valence electrons. The number of ether oxygens (including phenoxy) is 1. The molecule has 0 saturated heterocycles. The van der Waals surface area contributed by atoms with Crippen LogP contribution in [0.4, 0.5) is 0 Å². The Kier molecular flexibility index (Phi) is 8.34. The quantitative estimate of drug-likeness (QED) is 0.206. The Morgan fingerprint density at radius 1 is 1.04 bits per heavy atom.